The van der Waals surface area contributed by atoms with Crippen LogP contribution in [0.15, 0.2) is 36.7 Å². The Labute approximate surface area is 128 Å². The van der Waals surface area contributed by atoms with Gasteiger partial charge in [0.05, 0.1) is 23.9 Å². The van der Waals surface area contributed by atoms with Crippen molar-refractivity contribution in [1.29, 1.82) is 0 Å². The van der Waals surface area contributed by atoms with E-state index < -0.39 is 0 Å². The van der Waals surface area contributed by atoms with E-state index in [1.54, 1.807) is 12.4 Å². The highest BCUT2D eigenvalue weighted by Gasteiger charge is 2.12. The van der Waals surface area contributed by atoms with Crippen LogP contribution in [0.5, 0.6) is 11.5 Å². The number of terminal acetylenes is 1. The third kappa shape index (κ3) is 2.72. The lowest BCUT2D eigenvalue weighted by Crippen LogP contribution is -1.98. The molecule has 0 unspecified atom stereocenters. The monoisotopic (exact) mass is 293 g/mol. The molecule has 2 aromatic heterocycles. The minimum absolute atomic E-state index is 0.223. The van der Waals surface area contributed by atoms with Crippen molar-refractivity contribution in [2.24, 2.45) is 0 Å². The van der Waals surface area contributed by atoms with Crippen LogP contribution in [-0.2, 0) is 0 Å². The number of ether oxygens (including phenoxy) is 2. The smallest absolute Gasteiger partial charge is 0.148 e. The Morgan fingerprint density at radius 2 is 2.18 bits per heavy atom. The highest BCUT2D eigenvalue weighted by molar-refractivity contribution is 5.80. The Balaban J connectivity index is 2.02. The molecule has 0 aliphatic heterocycles. The van der Waals surface area contributed by atoms with Gasteiger partial charge in [-0.05, 0) is 25.1 Å². The van der Waals surface area contributed by atoms with E-state index in [2.05, 4.69) is 20.9 Å². The van der Waals surface area contributed by atoms with Gasteiger partial charge in [0.1, 0.15) is 29.4 Å². The van der Waals surface area contributed by atoms with Crippen molar-refractivity contribution in [2.45, 2.75) is 6.92 Å². The molecule has 5 nitrogen and oxygen atoms in total. The molecule has 0 amide bonds. The highest BCUT2D eigenvalue weighted by Crippen LogP contribution is 2.33. The summed E-state index contributed by atoms with van der Waals surface area (Å²) in [4.78, 5) is 11.9. The van der Waals surface area contributed by atoms with Gasteiger partial charge in [-0.3, -0.25) is 4.98 Å². The van der Waals surface area contributed by atoms with Gasteiger partial charge in [-0.15, -0.1) is 6.42 Å². The van der Waals surface area contributed by atoms with E-state index in [1.165, 1.54) is 0 Å². The summed E-state index contributed by atoms with van der Waals surface area (Å²) in [6.45, 7) is 2.70. The molecule has 0 bridgehead atoms. The van der Waals surface area contributed by atoms with Crippen LogP contribution in [-0.4, -0.2) is 28.2 Å². The predicted octanol–water partition coefficient (Wildman–Crippen LogP) is 3.04. The number of rotatable bonds is 5. The molecule has 1 aromatic carbocycles. The van der Waals surface area contributed by atoms with Crippen molar-refractivity contribution in [1.82, 2.24) is 15.0 Å². The SMILES string of the molecule is C#CCOc1ccc(-c2nc3cnccc3[nH]2)c(OCC)c1. The quantitative estimate of drug-likeness (QED) is 0.735. The van der Waals surface area contributed by atoms with Gasteiger partial charge in [0.25, 0.3) is 0 Å². The number of nitrogens with zero attached hydrogens (tertiary/aromatic N) is 2. The number of H-pyrrole nitrogens is 1. The zero-order valence-corrected chi connectivity index (χ0v) is 12.2. The first-order valence-corrected chi connectivity index (χ1v) is 6.95. The molecule has 5 heteroatoms. The van der Waals surface area contributed by atoms with Crippen LogP contribution in [0.2, 0.25) is 0 Å². The fourth-order valence-electron chi connectivity index (χ4n) is 2.17. The number of nitrogens with one attached hydrogen (secondary N) is 1. The summed E-state index contributed by atoms with van der Waals surface area (Å²) in [7, 11) is 0. The summed E-state index contributed by atoms with van der Waals surface area (Å²) < 4.78 is 11.1. The maximum absolute atomic E-state index is 5.70. The number of fused-ring (bicyclic) bond motifs is 1. The van der Waals surface area contributed by atoms with Crippen LogP contribution >= 0.6 is 0 Å². The molecule has 2 heterocycles. The second kappa shape index (κ2) is 6.19. The van der Waals surface area contributed by atoms with Crippen LogP contribution in [0.1, 0.15) is 6.92 Å². The maximum atomic E-state index is 5.70. The fraction of sp³-hybridized carbons (Fsp3) is 0.176. The third-order valence-corrected chi connectivity index (χ3v) is 3.12. The number of aromatic nitrogens is 3. The number of imidazole rings is 1. The van der Waals surface area contributed by atoms with Crippen LogP contribution in [0.3, 0.4) is 0 Å². The zero-order valence-electron chi connectivity index (χ0n) is 12.2. The van der Waals surface area contributed by atoms with Crippen molar-refractivity contribution in [3.63, 3.8) is 0 Å². The van der Waals surface area contributed by atoms with Crippen LogP contribution in [0, 0.1) is 12.3 Å². The summed E-state index contributed by atoms with van der Waals surface area (Å²) in [5.41, 5.74) is 2.61. The van der Waals surface area contributed by atoms with E-state index in [0.717, 1.165) is 22.4 Å². The van der Waals surface area contributed by atoms with Crippen molar-refractivity contribution >= 4 is 11.0 Å². The summed E-state index contributed by atoms with van der Waals surface area (Å²) >= 11 is 0. The van der Waals surface area contributed by atoms with Crippen LogP contribution < -0.4 is 9.47 Å². The van der Waals surface area contributed by atoms with Gasteiger partial charge in [0.15, 0.2) is 0 Å². The first-order chi connectivity index (χ1) is 10.8. The minimum atomic E-state index is 0.223. The first kappa shape index (κ1) is 14.0. The van der Waals surface area contributed by atoms with Gasteiger partial charge < -0.3 is 14.5 Å². The van der Waals surface area contributed by atoms with Crippen molar-refractivity contribution < 1.29 is 9.47 Å². The van der Waals surface area contributed by atoms with Gasteiger partial charge in [0.2, 0.25) is 0 Å². The normalized spacial score (nSPS) is 10.4. The Morgan fingerprint density at radius 1 is 1.27 bits per heavy atom. The third-order valence-electron chi connectivity index (χ3n) is 3.12. The molecular formula is C17H15N3O2. The molecule has 3 rings (SSSR count). The Morgan fingerprint density at radius 3 is 2.95 bits per heavy atom. The first-order valence-electron chi connectivity index (χ1n) is 6.95. The summed E-state index contributed by atoms with van der Waals surface area (Å²) in [6.07, 6.45) is 8.66. The maximum Gasteiger partial charge on any atom is 0.148 e. The van der Waals surface area contributed by atoms with Gasteiger partial charge in [-0.1, -0.05) is 5.92 Å². The fourth-order valence-corrected chi connectivity index (χ4v) is 2.17. The van der Waals surface area contributed by atoms with Gasteiger partial charge in [-0.25, -0.2) is 4.98 Å². The average Bonchev–Trinajstić information content (AvgIpc) is 2.97. The van der Waals surface area contributed by atoms with E-state index in [0.29, 0.717) is 18.1 Å². The zero-order chi connectivity index (χ0) is 15.4. The largest absolute Gasteiger partial charge is 0.493 e. The number of hydrogen-bond donors (Lipinski definition) is 1. The van der Waals surface area contributed by atoms with Crippen molar-refractivity contribution in [3.8, 4) is 35.2 Å². The summed E-state index contributed by atoms with van der Waals surface area (Å²) in [5.74, 6) is 4.54. The van der Waals surface area contributed by atoms with Crippen LogP contribution in [0.25, 0.3) is 22.4 Å². The molecule has 0 aliphatic carbocycles. The molecule has 0 saturated carbocycles. The van der Waals surface area contributed by atoms with Gasteiger partial charge >= 0.3 is 0 Å². The van der Waals surface area contributed by atoms with E-state index in [9.17, 15) is 0 Å². The average molecular weight is 293 g/mol. The molecule has 1 N–H and O–H groups in total. The number of pyridine rings is 1. The second-order valence-corrected chi connectivity index (χ2v) is 4.56. The van der Waals surface area contributed by atoms with Gasteiger partial charge in [0, 0.05) is 12.3 Å². The lowest BCUT2D eigenvalue weighted by atomic mass is 10.2. The van der Waals surface area contributed by atoms with E-state index in [1.807, 2.05) is 31.2 Å². The summed E-state index contributed by atoms with van der Waals surface area (Å²) in [5, 5.41) is 0. The Bertz CT molecular complexity index is 800. The molecule has 0 radical (unpaired) electrons. The topological polar surface area (TPSA) is 60.0 Å². The molecule has 110 valence electrons. The van der Waals surface area contributed by atoms with E-state index in [-0.39, 0.29) is 6.61 Å². The Hall–Kier alpha value is -3.00. The summed E-state index contributed by atoms with van der Waals surface area (Å²) in [6, 6.07) is 7.46. The van der Waals surface area contributed by atoms with Crippen molar-refractivity contribution in [2.75, 3.05) is 13.2 Å². The predicted molar refractivity (Wildman–Crippen MR) is 84.8 cm³/mol. The van der Waals surface area contributed by atoms with Crippen molar-refractivity contribution in [3.05, 3.63) is 36.7 Å². The highest BCUT2D eigenvalue weighted by atomic mass is 16.5. The molecule has 0 aliphatic rings. The molecule has 3 aromatic rings. The Kier molecular flexibility index (Phi) is 3.92. The standard InChI is InChI=1S/C17H15N3O2/c1-3-9-22-12-5-6-13(16(10-12)21-4-2)17-19-14-7-8-18-11-15(14)20-17/h1,5-8,10-11H,4,9H2,2H3,(H,19,20). The molecule has 22 heavy (non-hydrogen) atoms. The number of aromatic amines is 1. The number of benzene rings is 1. The molecule has 0 atom stereocenters. The second-order valence-electron chi connectivity index (χ2n) is 4.56. The number of hydrogen-bond acceptors (Lipinski definition) is 4. The lowest BCUT2D eigenvalue weighted by molar-refractivity contribution is 0.333. The van der Waals surface area contributed by atoms with E-state index in [4.69, 9.17) is 15.9 Å². The molecule has 0 fully saturated rings. The molecule has 0 saturated heterocycles. The molecular weight excluding hydrogens is 278 g/mol. The lowest BCUT2D eigenvalue weighted by Gasteiger charge is -2.10. The molecule has 0 spiro atoms. The van der Waals surface area contributed by atoms with Crippen LogP contribution in [0.4, 0.5) is 0 Å². The minimum Gasteiger partial charge on any atom is -0.493 e. The van der Waals surface area contributed by atoms with E-state index >= 15 is 0 Å². The van der Waals surface area contributed by atoms with Gasteiger partial charge in [-0.2, -0.15) is 0 Å².